The summed E-state index contributed by atoms with van der Waals surface area (Å²) in [5.74, 6) is 2.05. The van der Waals surface area contributed by atoms with Gasteiger partial charge in [0.15, 0.2) is 9.84 Å². The lowest BCUT2D eigenvalue weighted by Gasteiger charge is -2.33. The molecule has 24 heavy (non-hydrogen) atoms. The molecule has 7 nitrogen and oxygen atoms in total. The third-order valence-electron chi connectivity index (χ3n) is 4.24. The molecule has 0 unspecified atom stereocenters. The van der Waals surface area contributed by atoms with E-state index in [1.54, 1.807) is 0 Å². The summed E-state index contributed by atoms with van der Waals surface area (Å²) in [5.41, 5.74) is 0. The average molecular weight is 376 g/mol. The molecule has 0 aliphatic carbocycles. The summed E-state index contributed by atoms with van der Waals surface area (Å²) in [5, 5.41) is 8.57. The van der Waals surface area contributed by atoms with Gasteiger partial charge in [-0.1, -0.05) is 25.6 Å². The van der Waals surface area contributed by atoms with Crippen molar-refractivity contribution in [3.05, 3.63) is 5.89 Å². The van der Waals surface area contributed by atoms with Crippen LogP contribution in [0.3, 0.4) is 0 Å². The van der Waals surface area contributed by atoms with Crippen LogP contribution in [-0.4, -0.2) is 73.1 Å². The molecule has 0 N–H and O–H groups in total. The highest BCUT2D eigenvalue weighted by Gasteiger charge is 2.33. The van der Waals surface area contributed by atoms with Crippen LogP contribution < -0.4 is 0 Å². The Morgan fingerprint density at radius 1 is 1.38 bits per heavy atom. The van der Waals surface area contributed by atoms with Crippen molar-refractivity contribution in [3.8, 4) is 0 Å². The van der Waals surface area contributed by atoms with Crippen LogP contribution in [0, 0.1) is 5.92 Å². The first-order valence-electron chi connectivity index (χ1n) is 8.42. The molecule has 0 aromatic carbocycles. The Balaban J connectivity index is 1.49. The Morgan fingerprint density at radius 3 is 2.92 bits per heavy atom. The normalized spacial score (nSPS) is 27.8. The first kappa shape index (κ1) is 18.2. The Bertz CT molecular complexity index is 647. The number of nitrogens with zero attached hydrogens (tertiary/aromatic N) is 3. The molecule has 1 aromatic heterocycles. The topological polar surface area (TPSA) is 85.5 Å². The first-order chi connectivity index (χ1) is 11.4. The highest BCUT2D eigenvalue weighted by atomic mass is 32.2. The zero-order valence-electron chi connectivity index (χ0n) is 14.2. The molecule has 9 heteroatoms. The molecule has 2 fully saturated rings. The highest BCUT2D eigenvalue weighted by Crippen LogP contribution is 2.30. The minimum absolute atomic E-state index is 0.120. The van der Waals surface area contributed by atoms with Crippen molar-refractivity contribution in [2.75, 3.05) is 43.5 Å². The second-order valence-electron chi connectivity index (χ2n) is 6.96. The van der Waals surface area contributed by atoms with Crippen LogP contribution >= 0.6 is 11.8 Å². The molecule has 0 bridgehead atoms. The number of rotatable bonds is 6. The molecule has 0 saturated carbocycles. The van der Waals surface area contributed by atoms with E-state index in [4.69, 9.17) is 9.15 Å². The Hall–Kier alpha value is -0.640. The Kier molecular flexibility index (Phi) is 5.84. The van der Waals surface area contributed by atoms with Crippen LogP contribution in [-0.2, 0) is 14.6 Å². The number of morpholine rings is 1. The molecular weight excluding hydrogens is 350 g/mol. The van der Waals surface area contributed by atoms with E-state index >= 15 is 0 Å². The number of sulfone groups is 1. The maximum absolute atomic E-state index is 11.5. The standard InChI is InChI=1S/C15H25N3O4S2/c1-11(2)7-18-4-5-21-13(8-18)9-23-15-17-16-14(22-15)12-3-6-24(19,20)10-12/h11-13H,3-10H2,1-2H3/t12-,13-/m1/s1. The van der Waals surface area contributed by atoms with Crippen molar-refractivity contribution < 1.29 is 17.6 Å². The molecule has 2 aliphatic heterocycles. The van der Waals surface area contributed by atoms with Gasteiger partial charge in [-0.15, -0.1) is 10.2 Å². The van der Waals surface area contributed by atoms with Crippen molar-refractivity contribution in [2.45, 2.75) is 37.5 Å². The molecular formula is C15H25N3O4S2. The molecule has 0 radical (unpaired) electrons. The molecule has 2 saturated heterocycles. The van der Waals surface area contributed by atoms with Crippen molar-refractivity contribution >= 4 is 21.6 Å². The minimum Gasteiger partial charge on any atom is -0.416 e. The number of hydrogen-bond acceptors (Lipinski definition) is 8. The largest absolute Gasteiger partial charge is 0.416 e. The summed E-state index contributed by atoms with van der Waals surface area (Å²) in [7, 11) is -2.94. The Labute approximate surface area is 147 Å². The summed E-state index contributed by atoms with van der Waals surface area (Å²) in [6.07, 6.45) is 0.731. The van der Waals surface area contributed by atoms with Gasteiger partial charge in [-0.2, -0.15) is 0 Å². The number of hydrogen-bond donors (Lipinski definition) is 0. The van der Waals surface area contributed by atoms with E-state index in [-0.39, 0.29) is 23.5 Å². The lowest BCUT2D eigenvalue weighted by molar-refractivity contribution is -0.0192. The van der Waals surface area contributed by atoms with Gasteiger partial charge in [-0.3, -0.25) is 4.90 Å². The summed E-state index contributed by atoms with van der Waals surface area (Å²) < 4.78 is 34.6. The fourth-order valence-electron chi connectivity index (χ4n) is 3.16. The van der Waals surface area contributed by atoms with Gasteiger partial charge in [-0.25, -0.2) is 8.42 Å². The maximum Gasteiger partial charge on any atom is 0.276 e. The summed E-state index contributed by atoms with van der Waals surface area (Å²) in [6, 6.07) is 0. The van der Waals surface area contributed by atoms with E-state index in [1.165, 1.54) is 11.8 Å². The molecule has 0 spiro atoms. The van der Waals surface area contributed by atoms with Gasteiger partial charge in [0.05, 0.1) is 30.1 Å². The third-order valence-corrected chi connectivity index (χ3v) is 6.96. The zero-order valence-corrected chi connectivity index (χ0v) is 15.8. The van der Waals surface area contributed by atoms with Crippen molar-refractivity contribution in [2.24, 2.45) is 5.92 Å². The fraction of sp³-hybridized carbons (Fsp3) is 0.867. The van der Waals surface area contributed by atoms with Crippen LogP contribution in [0.15, 0.2) is 9.64 Å². The van der Waals surface area contributed by atoms with E-state index in [2.05, 4.69) is 28.9 Å². The highest BCUT2D eigenvalue weighted by molar-refractivity contribution is 7.99. The van der Waals surface area contributed by atoms with Gasteiger partial charge in [0.2, 0.25) is 5.89 Å². The maximum atomic E-state index is 11.5. The Morgan fingerprint density at radius 2 is 2.21 bits per heavy atom. The predicted molar refractivity (Wildman–Crippen MR) is 92.1 cm³/mol. The van der Waals surface area contributed by atoms with Crippen LogP contribution in [0.25, 0.3) is 0 Å². The summed E-state index contributed by atoms with van der Waals surface area (Å²) in [4.78, 5) is 2.43. The van der Waals surface area contributed by atoms with E-state index in [0.717, 1.165) is 32.0 Å². The third kappa shape index (κ3) is 4.93. The van der Waals surface area contributed by atoms with Gasteiger partial charge in [0, 0.05) is 25.4 Å². The number of thioether (sulfide) groups is 1. The lowest BCUT2D eigenvalue weighted by Crippen LogP contribution is -2.44. The van der Waals surface area contributed by atoms with Crippen molar-refractivity contribution in [1.82, 2.24) is 15.1 Å². The van der Waals surface area contributed by atoms with Crippen LogP contribution in [0.2, 0.25) is 0 Å². The minimum atomic E-state index is -2.94. The van der Waals surface area contributed by atoms with Crippen molar-refractivity contribution in [1.29, 1.82) is 0 Å². The molecule has 2 atom stereocenters. The van der Waals surface area contributed by atoms with Crippen LogP contribution in [0.5, 0.6) is 0 Å². The fourth-order valence-corrected chi connectivity index (χ4v) is 5.67. The van der Waals surface area contributed by atoms with Gasteiger partial charge >= 0.3 is 0 Å². The molecule has 1 aromatic rings. The molecule has 136 valence electrons. The van der Waals surface area contributed by atoms with Crippen LogP contribution in [0.1, 0.15) is 32.1 Å². The monoisotopic (exact) mass is 375 g/mol. The molecule has 3 rings (SSSR count). The van der Waals surface area contributed by atoms with Gasteiger partial charge in [0.25, 0.3) is 5.22 Å². The second-order valence-corrected chi connectivity index (χ2v) is 10.2. The average Bonchev–Trinajstić information content (AvgIpc) is 3.11. The van der Waals surface area contributed by atoms with E-state index in [1.807, 2.05) is 0 Å². The number of aromatic nitrogens is 2. The van der Waals surface area contributed by atoms with E-state index < -0.39 is 9.84 Å². The summed E-state index contributed by atoms with van der Waals surface area (Å²) in [6.45, 7) is 8.20. The van der Waals surface area contributed by atoms with Gasteiger partial charge in [-0.05, 0) is 12.3 Å². The summed E-state index contributed by atoms with van der Waals surface area (Å²) >= 11 is 1.49. The zero-order chi connectivity index (χ0) is 17.2. The lowest BCUT2D eigenvalue weighted by atomic mass is 10.1. The SMILES string of the molecule is CC(C)CN1CCO[C@@H](CSc2nnc([C@@H]3CCS(=O)(=O)C3)o2)C1. The second kappa shape index (κ2) is 7.72. The van der Waals surface area contributed by atoms with Gasteiger partial charge < -0.3 is 9.15 Å². The van der Waals surface area contributed by atoms with Gasteiger partial charge in [0.1, 0.15) is 0 Å². The van der Waals surface area contributed by atoms with E-state index in [0.29, 0.717) is 23.5 Å². The molecule has 0 amide bonds. The first-order valence-corrected chi connectivity index (χ1v) is 11.2. The smallest absolute Gasteiger partial charge is 0.276 e. The number of ether oxygens (including phenoxy) is 1. The van der Waals surface area contributed by atoms with Crippen LogP contribution in [0.4, 0.5) is 0 Å². The van der Waals surface area contributed by atoms with Crippen molar-refractivity contribution in [3.63, 3.8) is 0 Å². The quantitative estimate of drug-likeness (QED) is 0.690. The van der Waals surface area contributed by atoms with E-state index in [9.17, 15) is 8.42 Å². The predicted octanol–water partition coefficient (Wildman–Crippen LogP) is 1.42. The molecule has 3 heterocycles. The molecule has 2 aliphatic rings.